The Balaban J connectivity index is 1.56. The SMILES string of the molecule is CCc1ccc(NC(=O)CSc2nc3c(c(=O)n2-c2ccc(OC(F)(F)F)cc2)SCC3)cc1. The molecule has 1 aliphatic heterocycles. The van der Waals surface area contributed by atoms with Gasteiger partial charge in [-0.15, -0.1) is 24.9 Å². The highest BCUT2D eigenvalue weighted by Crippen LogP contribution is 2.31. The summed E-state index contributed by atoms with van der Waals surface area (Å²) in [6, 6.07) is 12.5. The van der Waals surface area contributed by atoms with Gasteiger partial charge in [-0.05, 0) is 48.4 Å². The molecule has 2 heterocycles. The smallest absolute Gasteiger partial charge is 0.406 e. The molecule has 2 aromatic carbocycles. The zero-order valence-electron chi connectivity index (χ0n) is 18.0. The van der Waals surface area contributed by atoms with Crippen molar-refractivity contribution in [3.63, 3.8) is 0 Å². The largest absolute Gasteiger partial charge is 0.573 e. The molecule has 0 saturated heterocycles. The van der Waals surface area contributed by atoms with Gasteiger partial charge in [-0.1, -0.05) is 30.8 Å². The first kappa shape index (κ1) is 24.2. The zero-order valence-corrected chi connectivity index (χ0v) is 19.6. The van der Waals surface area contributed by atoms with Gasteiger partial charge in [-0.2, -0.15) is 0 Å². The third kappa shape index (κ3) is 5.76. The number of amides is 1. The molecule has 1 aromatic heterocycles. The molecule has 34 heavy (non-hydrogen) atoms. The minimum Gasteiger partial charge on any atom is -0.406 e. The van der Waals surface area contributed by atoms with Crippen LogP contribution in [0.5, 0.6) is 5.75 Å². The van der Waals surface area contributed by atoms with Crippen LogP contribution in [0.25, 0.3) is 5.69 Å². The van der Waals surface area contributed by atoms with Crippen LogP contribution in [-0.4, -0.2) is 33.3 Å². The summed E-state index contributed by atoms with van der Waals surface area (Å²) in [7, 11) is 0. The Morgan fingerprint density at radius 2 is 1.88 bits per heavy atom. The molecule has 1 amide bonds. The maximum Gasteiger partial charge on any atom is 0.573 e. The second-order valence-corrected chi connectivity index (χ2v) is 9.39. The van der Waals surface area contributed by atoms with Crippen LogP contribution in [0.3, 0.4) is 0 Å². The minimum absolute atomic E-state index is 0.00314. The molecule has 0 spiro atoms. The molecule has 0 saturated carbocycles. The van der Waals surface area contributed by atoms with E-state index in [4.69, 9.17) is 0 Å². The Kier molecular flexibility index (Phi) is 7.22. The van der Waals surface area contributed by atoms with Crippen molar-refractivity contribution in [2.45, 2.75) is 36.2 Å². The number of hydrogen-bond acceptors (Lipinski definition) is 6. The van der Waals surface area contributed by atoms with Gasteiger partial charge in [0.15, 0.2) is 5.16 Å². The number of benzene rings is 2. The number of alkyl halides is 3. The standard InChI is InChI=1S/C23H20F3N3O3S2/c1-2-14-3-5-15(6-4-14)27-19(30)13-34-22-28-18-11-12-33-20(18)21(31)29(22)16-7-9-17(10-8-16)32-23(24,25)26/h3-10H,2,11-13H2,1H3,(H,27,30). The van der Waals surface area contributed by atoms with Gasteiger partial charge in [0.05, 0.1) is 22.0 Å². The van der Waals surface area contributed by atoms with E-state index in [1.165, 1.54) is 28.5 Å². The Morgan fingerprint density at radius 3 is 2.53 bits per heavy atom. The monoisotopic (exact) mass is 507 g/mol. The summed E-state index contributed by atoms with van der Waals surface area (Å²) in [6.07, 6.45) is -3.28. The predicted molar refractivity (Wildman–Crippen MR) is 126 cm³/mol. The number of rotatable bonds is 7. The molecule has 0 aliphatic carbocycles. The number of carbonyl (C=O) groups excluding carboxylic acids is 1. The van der Waals surface area contributed by atoms with E-state index in [-0.39, 0.29) is 17.2 Å². The van der Waals surface area contributed by atoms with Gasteiger partial charge in [0.2, 0.25) is 5.91 Å². The van der Waals surface area contributed by atoms with Crippen LogP contribution in [-0.2, 0) is 17.6 Å². The van der Waals surface area contributed by atoms with Gasteiger partial charge in [-0.3, -0.25) is 14.2 Å². The highest BCUT2D eigenvalue weighted by atomic mass is 32.2. The summed E-state index contributed by atoms with van der Waals surface area (Å²) in [5.41, 5.74) is 2.51. The van der Waals surface area contributed by atoms with Crippen LogP contribution < -0.4 is 15.6 Å². The van der Waals surface area contributed by atoms with Crippen molar-refractivity contribution in [3.05, 3.63) is 70.1 Å². The number of nitrogens with one attached hydrogen (secondary N) is 1. The van der Waals surface area contributed by atoms with Gasteiger partial charge in [0, 0.05) is 17.9 Å². The fourth-order valence-corrected chi connectivity index (χ4v) is 5.22. The Bertz CT molecular complexity index is 1240. The summed E-state index contributed by atoms with van der Waals surface area (Å²) in [4.78, 5) is 30.8. The quantitative estimate of drug-likeness (QED) is 0.356. The lowest BCUT2D eigenvalue weighted by atomic mass is 10.1. The first-order chi connectivity index (χ1) is 16.2. The molecular formula is C23H20F3N3O3S2. The van der Waals surface area contributed by atoms with E-state index in [2.05, 4.69) is 15.0 Å². The number of thioether (sulfide) groups is 2. The van der Waals surface area contributed by atoms with Crippen molar-refractivity contribution in [1.82, 2.24) is 9.55 Å². The molecule has 0 unspecified atom stereocenters. The van der Waals surface area contributed by atoms with Gasteiger partial charge in [0.1, 0.15) is 5.75 Å². The van der Waals surface area contributed by atoms with Gasteiger partial charge < -0.3 is 10.1 Å². The number of aromatic nitrogens is 2. The van der Waals surface area contributed by atoms with E-state index in [9.17, 15) is 22.8 Å². The summed E-state index contributed by atoms with van der Waals surface area (Å²) < 4.78 is 42.7. The lowest BCUT2D eigenvalue weighted by Gasteiger charge is -2.15. The van der Waals surface area contributed by atoms with Crippen molar-refractivity contribution in [1.29, 1.82) is 0 Å². The van der Waals surface area contributed by atoms with Crippen molar-refractivity contribution in [2.24, 2.45) is 0 Å². The number of ether oxygens (including phenoxy) is 1. The highest BCUT2D eigenvalue weighted by Gasteiger charge is 2.31. The van der Waals surface area contributed by atoms with Crippen molar-refractivity contribution in [2.75, 3.05) is 16.8 Å². The normalized spacial score (nSPS) is 12.9. The zero-order chi connectivity index (χ0) is 24.3. The molecule has 178 valence electrons. The topological polar surface area (TPSA) is 73.2 Å². The van der Waals surface area contributed by atoms with Crippen LogP contribution in [0.1, 0.15) is 18.2 Å². The molecule has 1 aliphatic rings. The number of anilines is 1. The molecule has 11 heteroatoms. The highest BCUT2D eigenvalue weighted by molar-refractivity contribution is 8.00. The fourth-order valence-electron chi connectivity index (χ4n) is 3.36. The van der Waals surface area contributed by atoms with E-state index in [0.717, 1.165) is 41.6 Å². The first-order valence-corrected chi connectivity index (χ1v) is 12.4. The van der Waals surface area contributed by atoms with Crippen LogP contribution >= 0.6 is 23.5 Å². The van der Waals surface area contributed by atoms with Crippen LogP contribution in [0.15, 0.2) is 63.4 Å². The number of nitrogens with zero attached hydrogens (tertiary/aromatic N) is 2. The second kappa shape index (κ2) is 10.1. The molecule has 0 radical (unpaired) electrons. The number of hydrogen-bond donors (Lipinski definition) is 1. The van der Waals surface area contributed by atoms with Gasteiger partial charge in [0.25, 0.3) is 5.56 Å². The van der Waals surface area contributed by atoms with Crippen molar-refractivity contribution >= 4 is 35.1 Å². The lowest BCUT2D eigenvalue weighted by molar-refractivity contribution is -0.274. The first-order valence-electron chi connectivity index (χ1n) is 10.4. The molecule has 0 atom stereocenters. The third-order valence-corrected chi connectivity index (χ3v) is 7.02. The molecule has 1 N–H and O–H groups in total. The maximum atomic E-state index is 13.2. The third-order valence-electron chi connectivity index (χ3n) is 4.97. The molecule has 6 nitrogen and oxygen atoms in total. The summed E-state index contributed by atoms with van der Waals surface area (Å²) in [5, 5.41) is 3.12. The lowest BCUT2D eigenvalue weighted by Crippen LogP contribution is -2.24. The van der Waals surface area contributed by atoms with Crippen LogP contribution in [0.4, 0.5) is 18.9 Å². The molecule has 0 bridgehead atoms. The number of fused-ring (bicyclic) bond motifs is 1. The van der Waals surface area contributed by atoms with Gasteiger partial charge >= 0.3 is 6.36 Å². The Labute approximate surface area is 201 Å². The van der Waals surface area contributed by atoms with E-state index in [1.54, 1.807) is 0 Å². The molecule has 4 rings (SSSR count). The summed E-state index contributed by atoms with van der Waals surface area (Å²) in [6.45, 7) is 2.04. The van der Waals surface area contributed by atoms with Crippen LogP contribution in [0.2, 0.25) is 0 Å². The summed E-state index contributed by atoms with van der Waals surface area (Å²) in [5.74, 6) is 0.0656. The minimum atomic E-state index is -4.81. The van der Waals surface area contributed by atoms with E-state index >= 15 is 0 Å². The number of carbonyl (C=O) groups is 1. The average molecular weight is 508 g/mol. The molecular weight excluding hydrogens is 487 g/mol. The maximum absolute atomic E-state index is 13.2. The molecule has 0 fully saturated rings. The van der Waals surface area contributed by atoms with E-state index in [1.807, 2.05) is 31.2 Å². The number of aryl methyl sites for hydroxylation is 2. The van der Waals surface area contributed by atoms with Crippen molar-refractivity contribution in [3.8, 4) is 11.4 Å². The van der Waals surface area contributed by atoms with E-state index < -0.39 is 12.1 Å². The van der Waals surface area contributed by atoms with Crippen molar-refractivity contribution < 1.29 is 22.7 Å². The molecule has 3 aromatic rings. The average Bonchev–Trinajstić information content (AvgIpc) is 3.27. The Morgan fingerprint density at radius 1 is 1.18 bits per heavy atom. The van der Waals surface area contributed by atoms with E-state index in [0.29, 0.717) is 33.5 Å². The Hall–Kier alpha value is -2.92. The second-order valence-electron chi connectivity index (χ2n) is 7.34. The van der Waals surface area contributed by atoms with Gasteiger partial charge in [-0.25, -0.2) is 4.98 Å². The van der Waals surface area contributed by atoms with Crippen LogP contribution in [0, 0.1) is 0 Å². The number of halogens is 3. The predicted octanol–water partition coefficient (Wildman–Crippen LogP) is 5.07. The summed E-state index contributed by atoms with van der Waals surface area (Å²) >= 11 is 2.48. The fraction of sp³-hybridized carbons (Fsp3) is 0.261.